The van der Waals surface area contributed by atoms with Crippen molar-refractivity contribution in [3.8, 4) is 0 Å². The number of amides is 1. The Kier molecular flexibility index (Phi) is 3.71. The summed E-state index contributed by atoms with van der Waals surface area (Å²) in [5, 5.41) is 13.4. The van der Waals surface area contributed by atoms with Crippen LogP contribution in [0.4, 0.5) is 0 Å². The summed E-state index contributed by atoms with van der Waals surface area (Å²) in [5.74, 6) is 0.430. The van der Waals surface area contributed by atoms with Crippen molar-refractivity contribution in [2.45, 2.75) is 26.7 Å². The number of aliphatic hydroxyl groups excluding tert-OH is 1. The molecule has 2 heterocycles. The molecule has 1 saturated heterocycles. The van der Waals surface area contributed by atoms with Crippen LogP contribution in [0.2, 0.25) is 0 Å². The zero-order valence-electron chi connectivity index (χ0n) is 11.3. The van der Waals surface area contributed by atoms with E-state index in [1.807, 2.05) is 25.8 Å². The van der Waals surface area contributed by atoms with Gasteiger partial charge in [-0.1, -0.05) is 0 Å². The predicted molar refractivity (Wildman–Crippen MR) is 68.4 cm³/mol. The summed E-state index contributed by atoms with van der Waals surface area (Å²) < 4.78 is 1.75. The quantitative estimate of drug-likeness (QED) is 0.849. The lowest BCUT2D eigenvalue weighted by Gasteiger charge is -2.31. The van der Waals surface area contributed by atoms with Gasteiger partial charge in [0.15, 0.2) is 0 Å². The van der Waals surface area contributed by atoms with Crippen molar-refractivity contribution in [2.24, 2.45) is 13.0 Å². The number of aromatic nitrogens is 2. The first-order valence-electron chi connectivity index (χ1n) is 6.45. The summed E-state index contributed by atoms with van der Waals surface area (Å²) in [6.07, 6.45) is 1.78. The zero-order chi connectivity index (χ0) is 13.3. The largest absolute Gasteiger partial charge is 0.396 e. The van der Waals surface area contributed by atoms with E-state index in [0.29, 0.717) is 5.92 Å². The second-order valence-corrected chi connectivity index (χ2v) is 5.09. The Balaban J connectivity index is 2.13. The number of carbonyl (C=O) groups excluding carboxylic acids is 1. The summed E-state index contributed by atoms with van der Waals surface area (Å²) in [5.41, 5.74) is 2.45. The van der Waals surface area contributed by atoms with Crippen LogP contribution in [0, 0.1) is 19.8 Å². The van der Waals surface area contributed by atoms with Gasteiger partial charge in [0.05, 0.1) is 11.3 Å². The molecule has 100 valence electrons. The molecular weight excluding hydrogens is 230 g/mol. The molecule has 2 rings (SSSR count). The Morgan fingerprint density at radius 3 is 2.44 bits per heavy atom. The van der Waals surface area contributed by atoms with Crippen LogP contribution >= 0.6 is 0 Å². The first-order valence-corrected chi connectivity index (χ1v) is 6.45. The lowest BCUT2D eigenvalue weighted by atomic mass is 9.97. The van der Waals surface area contributed by atoms with Crippen LogP contribution in [0.15, 0.2) is 0 Å². The van der Waals surface area contributed by atoms with Gasteiger partial charge in [-0.3, -0.25) is 9.48 Å². The van der Waals surface area contributed by atoms with Gasteiger partial charge in [0.2, 0.25) is 0 Å². The molecule has 0 atom stereocenters. The molecule has 0 unspecified atom stereocenters. The molecule has 18 heavy (non-hydrogen) atoms. The van der Waals surface area contributed by atoms with Crippen LogP contribution in [0.1, 0.15) is 34.6 Å². The molecule has 0 aromatic carbocycles. The van der Waals surface area contributed by atoms with Gasteiger partial charge in [0, 0.05) is 32.4 Å². The third-order valence-electron chi connectivity index (χ3n) is 3.88. The molecule has 5 heteroatoms. The average Bonchev–Trinajstić information content (AvgIpc) is 2.63. The molecule has 5 nitrogen and oxygen atoms in total. The number of piperidine rings is 1. The van der Waals surface area contributed by atoms with E-state index in [-0.39, 0.29) is 12.5 Å². The fourth-order valence-corrected chi connectivity index (χ4v) is 2.56. The normalized spacial score (nSPS) is 17.2. The van der Waals surface area contributed by atoms with Crippen LogP contribution in [0.25, 0.3) is 0 Å². The highest BCUT2D eigenvalue weighted by Crippen LogP contribution is 2.21. The Morgan fingerprint density at radius 1 is 1.39 bits per heavy atom. The Labute approximate surface area is 107 Å². The van der Waals surface area contributed by atoms with Crippen molar-refractivity contribution in [1.29, 1.82) is 0 Å². The molecule has 0 radical (unpaired) electrons. The molecule has 0 bridgehead atoms. The third kappa shape index (κ3) is 2.27. The number of aliphatic hydroxyl groups is 1. The van der Waals surface area contributed by atoms with Crippen molar-refractivity contribution in [2.75, 3.05) is 19.7 Å². The molecule has 1 amide bonds. The number of aryl methyl sites for hydroxylation is 2. The SMILES string of the molecule is Cc1nn(C)c(C)c1C(=O)N1CCC(CO)CC1. The molecule has 1 aliphatic heterocycles. The smallest absolute Gasteiger partial charge is 0.257 e. The van der Waals surface area contributed by atoms with E-state index >= 15 is 0 Å². The van der Waals surface area contributed by atoms with Gasteiger partial charge in [0.1, 0.15) is 0 Å². The lowest BCUT2D eigenvalue weighted by molar-refractivity contribution is 0.0649. The maximum atomic E-state index is 12.5. The number of rotatable bonds is 2. The van der Waals surface area contributed by atoms with Gasteiger partial charge in [-0.2, -0.15) is 5.10 Å². The zero-order valence-corrected chi connectivity index (χ0v) is 11.3. The first kappa shape index (κ1) is 13.1. The van der Waals surface area contributed by atoms with E-state index < -0.39 is 0 Å². The van der Waals surface area contributed by atoms with Gasteiger partial charge in [-0.25, -0.2) is 0 Å². The van der Waals surface area contributed by atoms with Gasteiger partial charge in [-0.15, -0.1) is 0 Å². The maximum Gasteiger partial charge on any atom is 0.257 e. The molecular formula is C13H21N3O2. The lowest BCUT2D eigenvalue weighted by Crippen LogP contribution is -2.39. The minimum Gasteiger partial charge on any atom is -0.396 e. The minimum absolute atomic E-state index is 0.0782. The van der Waals surface area contributed by atoms with E-state index in [0.717, 1.165) is 42.9 Å². The van der Waals surface area contributed by atoms with Crippen molar-refractivity contribution in [3.63, 3.8) is 0 Å². The van der Waals surface area contributed by atoms with Gasteiger partial charge >= 0.3 is 0 Å². The van der Waals surface area contributed by atoms with E-state index in [4.69, 9.17) is 5.11 Å². The van der Waals surface area contributed by atoms with E-state index in [2.05, 4.69) is 5.10 Å². The summed E-state index contributed by atoms with van der Waals surface area (Å²) in [6.45, 7) is 5.50. The molecule has 1 fully saturated rings. The molecule has 0 aliphatic carbocycles. The highest BCUT2D eigenvalue weighted by molar-refractivity contribution is 5.96. The minimum atomic E-state index is 0.0782. The van der Waals surface area contributed by atoms with E-state index in [9.17, 15) is 4.79 Å². The summed E-state index contributed by atoms with van der Waals surface area (Å²) in [4.78, 5) is 14.3. The third-order valence-corrected chi connectivity index (χ3v) is 3.88. The number of nitrogens with zero attached hydrogens (tertiary/aromatic N) is 3. The summed E-state index contributed by atoms with van der Waals surface area (Å²) in [7, 11) is 1.86. The fraction of sp³-hybridized carbons (Fsp3) is 0.692. The molecule has 0 spiro atoms. The van der Waals surface area contributed by atoms with Crippen LogP contribution in [-0.4, -0.2) is 45.4 Å². The molecule has 1 aromatic rings. The van der Waals surface area contributed by atoms with Crippen LogP contribution in [-0.2, 0) is 7.05 Å². The first-order chi connectivity index (χ1) is 8.54. The van der Waals surface area contributed by atoms with Crippen molar-refractivity contribution in [1.82, 2.24) is 14.7 Å². The Hall–Kier alpha value is -1.36. The topological polar surface area (TPSA) is 58.4 Å². The number of carbonyl (C=O) groups is 1. The van der Waals surface area contributed by atoms with Gasteiger partial charge in [-0.05, 0) is 32.6 Å². The molecule has 1 aliphatic rings. The second-order valence-electron chi connectivity index (χ2n) is 5.09. The molecule has 0 saturated carbocycles. The van der Waals surface area contributed by atoms with Gasteiger partial charge < -0.3 is 10.0 Å². The standard InChI is InChI=1S/C13H21N3O2/c1-9-12(10(2)15(3)14-9)13(18)16-6-4-11(8-17)5-7-16/h11,17H,4-8H2,1-3H3. The van der Waals surface area contributed by atoms with Crippen molar-refractivity contribution < 1.29 is 9.90 Å². The van der Waals surface area contributed by atoms with Crippen LogP contribution in [0.5, 0.6) is 0 Å². The molecule has 1 aromatic heterocycles. The monoisotopic (exact) mass is 251 g/mol. The average molecular weight is 251 g/mol. The van der Waals surface area contributed by atoms with E-state index in [1.54, 1.807) is 4.68 Å². The Morgan fingerprint density at radius 2 is 2.00 bits per heavy atom. The summed E-state index contributed by atoms with van der Waals surface area (Å²) >= 11 is 0. The highest BCUT2D eigenvalue weighted by atomic mass is 16.3. The van der Waals surface area contributed by atoms with Crippen LogP contribution in [0.3, 0.4) is 0 Å². The Bertz CT molecular complexity index is 445. The van der Waals surface area contributed by atoms with E-state index in [1.165, 1.54) is 0 Å². The van der Waals surface area contributed by atoms with Crippen molar-refractivity contribution >= 4 is 5.91 Å². The summed E-state index contributed by atoms with van der Waals surface area (Å²) in [6, 6.07) is 0. The van der Waals surface area contributed by atoms with Crippen LogP contribution < -0.4 is 0 Å². The van der Waals surface area contributed by atoms with Gasteiger partial charge in [0.25, 0.3) is 5.91 Å². The predicted octanol–water partition coefficient (Wildman–Crippen LogP) is 0.881. The van der Waals surface area contributed by atoms with Crippen molar-refractivity contribution in [3.05, 3.63) is 17.0 Å². The number of hydrogen-bond donors (Lipinski definition) is 1. The highest BCUT2D eigenvalue weighted by Gasteiger charge is 2.26. The number of likely N-dealkylation sites (tertiary alicyclic amines) is 1. The second kappa shape index (κ2) is 5.10. The number of hydrogen-bond acceptors (Lipinski definition) is 3. The fourth-order valence-electron chi connectivity index (χ4n) is 2.56. The molecule has 1 N–H and O–H groups in total. The maximum absolute atomic E-state index is 12.5.